The zero-order valence-electron chi connectivity index (χ0n) is 3.59. The van der Waals surface area contributed by atoms with Gasteiger partial charge in [0.1, 0.15) is 0 Å². The van der Waals surface area contributed by atoms with E-state index in [0.29, 0.717) is 6.42 Å². The van der Waals surface area contributed by atoms with Crippen LogP contribution in [0.5, 0.6) is 0 Å². The average Bonchev–Trinajstić information content (AvgIpc) is 1.61. The van der Waals surface area contributed by atoms with E-state index < -0.39 is 0 Å². The van der Waals surface area contributed by atoms with Gasteiger partial charge in [-0.05, 0) is 12.6 Å². The predicted molar refractivity (Wildman–Crippen MR) is 25.0 cm³/mol. The van der Waals surface area contributed by atoms with Gasteiger partial charge in [0.2, 0.25) is 0 Å². The lowest BCUT2D eigenvalue weighted by Crippen LogP contribution is -1.79. The molecule has 0 aliphatic carbocycles. The highest BCUT2D eigenvalue weighted by Gasteiger charge is 1.66. The van der Waals surface area contributed by atoms with Gasteiger partial charge in [-0.2, -0.15) is 0 Å². The number of hydrogen-bond acceptors (Lipinski definition) is 2. The topological polar surface area (TPSA) is 46.2 Å². The van der Waals surface area contributed by atoms with E-state index in [0.717, 1.165) is 0 Å². The lowest BCUT2D eigenvalue weighted by molar-refractivity contribution is 0.302. The molecule has 0 aromatic carbocycles. The molecule has 2 nitrogen and oxygen atoms in total. The van der Waals surface area contributed by atoms with Crippen molar-refractivity contribution in [2.24, 2.45) is 5.73 Å². The van der Waals surface area contributed by atoms with Crippen molar-refractivity contribution >= 4 is 0 Å². The number of aliphatic hydroxyl groups excluding tert-OH is 1. The van der Waals surface area contributed by atoms with Crippen molar-refractivity contribution in [3.05, 3.63) is 12.3 Å². The Morgan fingerprint density at radius 3 is 2.50 bits per heavy atom. The summed E-state index contributed by atoms with van der Waals surface area (Å²) in [7, 11) is 0. The van der Waals surface area contributed by atoms with Crippen LogP contribution in [-0.2, 0) is 0 Å². The first-order chi connectivity index (χ1) is 2.91. The van der Waals surface area contributed by atoms with Gasteiger partial charge in [-0.1, -0.05) is 6.08 Å². The molecule has 0 spiro atoms. The minimum absolute atomic E-state index is 0.188. The first kappa shape index (κ1) is 5.50. The molecule has 0 heterocycles. The van der Waals surface area contributed by atoms with Crippen LogP contribution in [-0.4, -0.2) is 11.7 Å². The molecule has 0 aromatic heterocycles. The molecule has 6 heavy (non-hydrogen) atoms. The third-order valence-electron chi connectivity index (χ3n) is 0.432. The molecule has 0 bridgehead atoms. The van der Waals surface area contributed by atoms with Gasteiger partial charge < -0.3 is 10.8 Å². The van der Waals surface area contributed by atoms with E-state index in [1.54, 1.807) is 6.08 Å². The van der Waals surface area contributed by atoms with Crippen LogP contribution >= 0.6 is 0 Å². The molecular formula is C4H9NO. The van der Waals surface area contributed by atoms with E-state index in [1.807, 2.05) is 0 Å². The van der Waals surface area contributed by atoms with Crippen molar-refractivity contribution < 1.29 is 5.11 Å². The molecule has 0 rings (SSSR count). The van der Waals surface area contributed by atoms with Crippen LogP contribution in [0.4, 0.5) is 0 Å². The summed E-state index contributed by atoms with van der Waals surface area (Å²) < 4.78 is 0. The van der Waals surface area contributed by atoms with Gasteiger partial charge in [0.25, 0.3) is 0 Å². The highest BCUT2D eigenvalue weighted by atomic mass is 16.2. The van der Waals surface area contributed by atoms with Crippen LogP contribution in [0.1, 0.15) is 6.42 Å². The number of aliphatic hydroxyl groups is 1. The monoisotopic (exact) mass is 87.1 g/mol. The largest absolute Gasteiger partial charge is 0.405 e. The first-order valence-corrected chi connectivity index (χ1v) is 1.89. The molecule has 0 aliphatic heterocycles. The van der Waals surface area contributed by atoms with E-state index in [9.17, 15) is 0 Å². The average molecular weight is 87.1 g/mol. The third-order valence-corrected chi connectivity index (χ3v) is 0.432. The Hall–Kier alpha value is -0.500. The van der Waals surface area contributed by atoms with E-state index >= 15 is 0 Å². The molecular weight excluding hydrogens is 78.0 g/mol. The molecule has 36 valence electrons. The Morgan fingerprint density at radius 1 is 1.67 bits per heavy atom. The van der Waals surface area contributed by atoms with E-state index in [2.05, 4.69) is 0 Å². The lowest BCUT2D eigenvalue weighted by atomic mass is 10.4. The Balaban J connectivity index is 2.66. The smallest absolute Gasteiger partial charge is 0.0466 e. The second-order valence-electron chi connectivity index (χ2n) is 0.940. The molecule has 3 N–H and O–H groups in total. The molecule has 0 amide bonds. The van der Waals surface area contributed by atoms with Gasteiger partial charge >= 0.3 is 0 Å². The first-order valence-electron chi connectivity index (χ1n) is 1.89. The van der Waals surface area contributed by atoms with Crippen molar-refractivity contribution in [3.63, 3.8) is 0 Å². The van der Waals surface area contributed by atoms with Gasteiger partial charge in [-0.3, -0.25) is 0 Å². The van der Waals surface area contributed by atoms with Crippen molar-refractivity contribution in [1.29, 1.82) is 0 Å². The fraction of sp³-hybridized carbons (Fsp3) is 0.500. The maximum Gasteiger partial charge on any atom is 0.0466 e. The van der Waals surface area contributed by atoms with Crippen LogP contribution < -0.4 is 5.73 Å². The number of rotatable bonds is 2. The zero-order chi connectivity index (χ0) is 4.83. The van der Waals surface area contributed by atoms with Gasteiger partial charge in [0.15, 0.2) is 0 Å². The van der Waals surface area contributed by atoms with Crippen LogP contribution in [0.2, 0.25) is 0 Å². The SMILES string of the molecule is N/C=C\CCO. The minimum Gasteiger partial charge on any atom is -0.405 e. The molecule has 2 heteroatoms. The van der Waals surface area contributed by atoms with Crippen molar-refractivity contribution in [2.75, 3.05) is 6.61 Å². The standard InChI is InChI=1S/C4H9NO/c5-3-1-2-4-6/h1,3,6H,2,4-5H2/b3-1-. The van der Waals surface area contributed by atoms with E-state index in [1.165, 1.54) is 6.20 Å². The summed E-state index contributed by atoms with van der Waals surface area (Å²) in [6.45, 7) is 0.188. The van der Waals surface area contributed by atoms with E-state index in [4.69, 9.17) is 10.8 Å². The molecule has 0 saturated heterocycles. The third kappa shape index (κ3) is 3.50. The summed E-state index contributed by atoms with van der Waals surface area (Å²) in [6, 6.07) is 0. The van der Waals surface area contributed by atoms with E-state index in [-0.39, 0.29) is 6.61 Å². The maximum absolute atomic E-state index is 8.09. The second kappa shape index (κ2) is 4.50. The quantitative estimate of drug-likeness (QED) is 0.491. The summed E-state index contributed by atoms with van der Waals surface area (Å²) in [5.41, 5.74) is 4.92. The van der Waals surface area contributed by atoms with Crippen LogP contribution in [0, 0.1) is 0 Å². The van der Waals surface area contributed by atoms with Crippen molar-refractivity contribution in [2.45, 2.75) is 6.42 Å². The Kier molecular flexibility index (Phi) is 4.12. The predicted octanol–water partition coefficient (Wildman–Crippen LogP) is -0.159. The Bertz CT molecular complexity index is 42.8. The molecule has 0 unspecified atom stereocenters. The van der Waals surface area contributed by atoms with Gasteiger partial charge in [-0.25, -0.2) is 0 Å². The fourth-order valence-corrected chi connectivity index (χ4v) is 0.171. The molecule has 0 radical (unpaired) electrons. The van der Waals surface area contributed by atoms with Crippen LogP contribution in [0.15, 0.2) is 12.3 Å². The highest BCUT2D eigenvalue weighted by molar-refractivity contribution is 4.73. The summed E-state index contributed by atoms with van der Waals surface area (Å²) in [5, 5.41) is 8.09. The van der Waals surface area contributed by atoms with Crippen molar-refractivity contribution in [3.8, 4) is 0 Å². The number of nitrogens with two attached hydrogens (primary N) is 1. The fourth-order valence-electron chi connectivity index (χ4n) is 0.171. The Morgan fingerprint density at radius 2 is 2.33 bits per heavy atom. The Labute approximate surface area is 37.3 Å². The lowest BCUT2D eigenvalue weighted by Gasteiger charge is -1.76. The maximum atomic E-state index is 8.09. The molecule has 0 saturated carbocycles. The summed E-state index contributed by atoms with van der Waals surface area (Å²) in [4.78, 5) is 0. The van der Waals surface area contributed by atoms with Crippen LogP contribution in [0.3, 0.4) is 0 Å². The van der Waals surface area contributed by atoms with Gasteiger partial charge in [0, 0.05) is 6.61 Å². The number of hydrogen-bond donors (Lipinski definition) is 2. The normalized spacial score (nSPS) is 10.2. The summed E-state index contributed by atoms with van der Waals surface area (Å²) in [5.74, 6) is 0. The molecule has 0 fully saturated rings. The second-order valence-corrected chi connectivity index (χ2v) is 0.940. The van der Waals surface area contributed by atoms with Crippen molar-refractivity contribution in [1.82, 2.24) is 0 Å². The minimum atomic E-state index is 0.188. The summed E-state index contributed by atoms with van der Waals surface area (Å²) in [6.07, 6.45) is 3.80. The highest BCUT2D eigenvalue weighted by Crippen LogP contribution is 1.72. The summed E-state index contributed by atoms with van der Waals surface area (Å²) >= 11 is 0. The molecule has 0 aromatic rings. The van der Waals surface area contributed by atoms with Crippen LogP contribution in [0.25, 0.3) is 0 Å². The zero-order valence-corrected chi connectivity index (χ0v) is 3.59. The molecule has 0 atom stereocenters. The van der Waals surface area contributed by atoms with Gasteiger partial charge in [0.05, 0.1) is 0 Å². The van der Waals surface area contributed by atoms with Gasteiger partial charge in [-0.15, -0.1) is 0 Å². The molecule has 0 aliphatic rings.